The van der Waals surface area contributed by atoms with Gasteiger partial charge in [-0.05, 0) is 55.3 Å². The highest BCUT2D eigenvalue weighted by molar-refractivity contribution is 7.12. The number of carbonyl (C=O) groups excluding carboxylic acids is 1. The Hall–Kier alpha value is -2.99. The summed E-state index contributed by atoms with van der Waals surface area (Å²) in [5.41, 5.74) is 4.44. The molecule has 0 amide bonds. The van der Waals surface area contributed by atoms with E-state index >= 15 is 0 Å². The minimum Gasteiger partial charge on any atom is -0.490 e. The van der Waals surface area contributed by atoms with E-state index < -0.39 is 0 Å². The molecule has 0 unspecified atom stereocenters. The molecule has 1 aromatic carbocycles. The zero-order valence-electron chi connectivity index (χ0n) is 15.2. The number of hydrogen-bond acceptors (Lipinski definition) is 5. The lowest BCUT2D eigenvalue weighted by Crippen LogP contribution is -2.10. The standard InChI is InChI=1S/C22H19N3O2S/c26-14-21-18(9-11-28-21)19-13-24-25-20(8-10-23-22(19)25)15-4-3-7-17(12-15)27-16-5-1-2-6-16/h3-4,7-14,16H,1-2,5-6H2. The van der Waals surface area contributed by atoms with Crippen LogP contribution in [0.15, 0.2) is 54.2 Å². The molecule has 1 aliphatic carbocycles. The number of thiophene rings is 1. The summed E-state index contributed by atoms with van der Waals surface area (Å²) in [6.07, 6.45) is 9.53. The van der Waals surface area contributed by atoms with Gasteiger partial charge in [-0.2, -0.15) is 5.10 Å². The fourth-order valence-electron chi connectivity index (χ4n) is 3.86. The first kappa shape index (κ1) is 17.1. The highest BCUT2D eigenvalue weighted by Gasteiger charge is 2.18. The summed E-state index contributed by atoms with van der Waals surface area (Å²) < 4.78 is 7.99. The summed E-state index contributed by atoms with van der Waals surface area (Å²) in [6, 6.07) is 12.0. The number of aldehydes is 1. The van der Waals surface area contributed by atoms with Crippen LogP contribution in [-0.2, 0) is 0 Å². The van der Waals surface area contributed by atoms with Crippen molar-refractivity contribution in [1.29, 1.82) is 0 Å². The monoisotopic (exact) mass is 389 g/mol. The maximum atomic E-state index is 11.3. The molecule has 0 spiro atoms. The molecule has 5 nitrogen and oxygen atoms in total. The second-order valence-corrected chi connectivity index (χ2v) is 7.94. The molecule has 0 saturated heterocycles. The van der Waals surface area contributed by atoms with E-state index in [0.29, 0.717) is 11.0 Å². The van der Waals surface area contributed by atoms with Gasteiger partial charge in [0.25, 0.3) is 0 Å². The minimum absolute atomic E-state index is 0.323. The summed E-state index contributed by atoms with van der Waals surface area (Å²) in [5.74, 6) is 0.891. The summed E-state index contributed by atoms with van der Waals surface area (Å²) in [4.78, 5) is 16.5. The Morgan fingerprint density at radius 2 is 2.04 bits per heavy atom. The predicted octanol–water partition coefficient (Wildman–Crippen LogP) is 5.26. The second kappa shape index (κ2) is 7.20. The molecule has 0 bridgehead atoms. The first-order valence-electron chi connectivity index (χ1n) is 9.46. The molecule has 0 aliphatic heterocycles. The van der Waals surface area contributed by atoms with Crippen molar-refractivity contribution in [2.75, 3.05) is 0 Å². The van der Waals surface area contributed by atoms with E-state index in [1.54, 1.807) is 12.4 Å². The lowest BCUT2D eigenvalue weighted by molar-refractivity contribution is 0.112. The van der Waals surface area contributed by atoms with E-state index in [1.165, 1.54) is 24.2 Å². The van der Waals surface area contributed by atoms with Crippen LogP contribution < -0.4 is 4.74 Å². The zero-order valence-corrected chi connectivity index (χ0v) is 16.1. The number of carbonyl (C=O) groups is 1. The highest BCUT2D eigenvalue weighted by Crippen LogP contribution is 2.32. The molecule has 28 heavy (non-hydrogen) atoms. The molecular weight excluding hydrogens is 370 g/mol. The van der Waals surface area contributed by atoms with Gasteiger partial charge in [-0.25, -0.2) is 9.50 Å². The second-order valence-electron chi connectivity index (χ2n) is 6.99. The lowest BCUT2D eigenvalue weighted by Gasteiger charge is -2.14. The van der Waals surface area contributed by atoms with Crippen molar-refractivity contribution in [3.63, 3.8) is 0 Å². The van der Waals surface area contributed by atoms with Gasteiger partial charge in [-0.3, -0.25) is 4.79 Å². The molecule has 6 heteroatoms. The normalized spacial score (nSPS) is 14.6. The third-order valence-corrected chi connectivity index (χ3v) is 6.07. The molecule has 1 saturated carbocycles. The number of benzene rings is 1. The van der Waals surface area contributed by atoms with Crippen molar-refractivity contribution in [3.8, 4) is 28.1 Å². The van der Waals surface area contributed by atoms with Crippen LogP contribution in [0.1, 0.15) is 35.4 Å². The first-order chi connectivity index (χ1) is 13.8. The minimum atomic E-state index is 0.323. The average molecular weight is 389 g/mol. The maximum Gasteiger partial charge on any atom is 0.163 e. The van der Waals surface area contributed by atoms with Gasteiger partial charge in [-0.1, -0.05) is 12.1 Å². The van der Waals surface area contributed by atoms with Gasteiger partial charge >= 0.3 is 0 Å². The van der Waals surface area contributed by atoms with Crippen LogP contribution in [0.4, 0.5) is 0 Å². The largest absolute Gasteiger partial charge is 0.490 e. The third-order valence-electron chi connectivity index (χ3n) is 5.23. The Kier molecular flexibility index (Phi) is 4.41. The quantitative estimate of drug-likeness (QED) is 0.437. The Labute approximate surface area is 166 Å². The van der Waals surface area contributed by atoms with E-state index in [-0.39, 0.29) is 0 Å². The van der Waals surface area contributed by atoms with Gasteiger partial charge in [0.15, 0.2) is 11.9 Å². The predicted molar refractivity (Wildman–Crippen MR) is 110 cm³/mol. The molecule has 3 aromatic heterocycles. The zero-order chi connectivity index (χ0) is 18.9. The van der Waals surface area contributed by atoms with Crippen LogP contribution in [0, 0.1) is 0 Å². The average Bonchev–Trinajstić information content (AvgIpc) is 3.47. The number of rotatable bonds is 5. The molecule has 4 aromatic rings. The van der Waals surface area contributed by atoms with Crippen LogP contribution >= 0.6 is 11.3 Å². The van der Waals surface area contributed by atoms with Gasteiger partial charge in [-0.15, -0.1) is 11.3 Å². The summed E-state index contributed by atoms with van der Waals surface area (Å²) in [5, 5.41) is 6.47. The number of ether oxygens (including phenoxy) is 1. The summed E-state index contributed by atoms with van der Waals surface area (Å²) in [7, 11) is 0. The van der Waals surface area contributed by atoms with E-state index in [9.17, 15) is 4.79 Å². The number of fused-ring (bicyclic) bond motifs is 1. The molecule has 1 fully saturated rings. The fraction of sp³-hybridized carbons (Fsp3) is 0.227. The molecule has 0 atom stereocenters. The van der Waals surface area contributed by atoms with Crippen molar-refractivity contribution in [3.05, 3.63) is 59.0 Å². The lowest BCUT2D eigenvalue weighted by atomic mass is 10.1. The third kappa shape index (κ3) is 2.99. The van der Waals surface area contributed by atoms with Gasteiger partial charge in [0.2, 0.25) is 0 Å². The smallest absolute Gasteiger partial charge is 0.163 e. The SMILES string of the molecule is O=Cc1sccc1-c1cnn2c(-c3cccc(OC4CCCC4)c3)ccnc12. The maximum absolute atomic E-state index is 11.3. The van der Waals surface area contributed by atoms with E-state index in [0.717, 1.165) is 52.9 Å². The van der Waals surface area contributed by atoms with Gasteiger partial charge in [0.1, 0.15) is 5.75 Å². The Morgan fingerprint density at radius 1 is 1.14 bits per heavy atom. The van der Waals surface area contributed by atoms with Crippen LogP contribution in [0.25, 0.3) is 28.0 Å². The van der Waals surface area contributed by atoms with Crippen LogP contribution in [-0.4, -0.2) is 27.0 Å². The highest BCUT2D eigenvalue weighted by atomic mass is 32.1. The van der Waals surface area contributed by atoms with Gasteiger partial charge in [0.05, 0.1) is 22.9 Å². The van der Waals surface area contributed by atoms with E-state index in [4.69, 9.17) is 4.74 Å². The molecule has 0 N–H and O–H groups in total. The first-order valence-corrected chi connectivity index (χ1v) is 10.3. The number of nitrogens with zero attached hydrogens (tertiary/aromatic N) is 3. The Bertz CT molecular complexity index is 1140. The van der Waals surface area contributed by atoms with Crippen LogP contribution in [0.2, 0.25) is 0 Å². The molecule has 0 radical (unpaired) electrons. The number of hydrogen-bond donors (Lipinski definition) is 0. The molecular formula is C22H19N3O2S. The van der Waals surface area contributed by atoms with Gasteiger partial charge in [0, 0.05) is 22.9 Å². The summed E-state index contributed by atoms with van der Waals surface area (Å²) >= 11 is 1.42. The van der Waals surface area contributed by atoms with E-state index in [2.05, 4.69) is 22.2 Å². The van der Waals surface area contributed by atoms with Crippen molar-refractivity contribution >= 4 is 23.3 Å². The Balaban J connectivity index is 1.56. The molecule has 3 heterocycles. The van der Waals surface area contributed by atoms with Crippen LogP contribution in [0.3, 0.4) is 0 Å². The fourth-order valence-corrected chi connectivity index (χ4v) is 4.57. The van der Waals surface area contributed by atoms with Crippen molar-refractivity contribution < 1.29 is 9.53 Å². The topological polar surface area (TPSA) is 56.5 Å². The summed E-state index contributed by atoms with van der Waals surface area (Å²) in [6.45, 7) is 0. The molecule has 5 rings (SSSR count). The van der Waals surface area contributed by atoms with Crippen molar-refractivity contribution in [2.45, 2.75) is 31.8 Å². The number of aromatic nitrogens is 3. The molecule has 140 valence electrons. The van der Waals surface area contributed by atoms with E-state index in [1.807, 2.05) is 34.2 Å². The van der Waals surface area contributed by atoms with Gasteiger partial charge < -0.3 is 4.74 Å². The van der Waals surface area contributed by atoms with Crippen molar-refractivity contribution in [2.24, 2.45) is 0 Å². The van der Waals surface area contributed by atoms with Crippen LogP contribution in [0.5, 0.6) is 5.75 Å². The Morgan fingerprint density at radius 3 is 2.89 bits per heavy atom. The van der Waals surface area contributed by atoms with Crippen molar-refractivity contribution in [1.82, 2.24) is 14.6 Å². The molecule has 1 aliphatic rings.